The van der Waals surface area contributed by atoms with E-state index in [1.807, 2.05) is 13.0 Å². The van der Waals surface area contributed by atoms with Gasteiger partial charge in [0.2, 0.25) is 0 Å². The topological polar surface area (TPSA) is 36.7 Å². The molecule has 1 heterocycles. The number of aryl methyl sites for hydroxylation is 1. The average Bonchev–Trinajstić information content (AvgIpc) is 2.72. The lowest BCUT2D eigenvalue weighted by molar-refractivity contribution is 0.630. The fourth-order valence-electron chi connectivity index (χ4n) is 1.67. The fourth-order valence-corrected chi connectivity index (χ4v) is 2.60. The van der Waals surface area contributed by atoms with E-state index in [1.165, 1.54) is 6.07 Å². The third kappa shape index (κ3) is 2.05. The van der Waals surface area contributed by atoms with Crippen molar-refractivity contribution in [1.82, 2.24) is 4.37 Å². The lowest BCUT2D eigenvalue weighted by Gasteiger charge is -2.02. The molecule has 0 unspecified atom stereocenters. The van der Waals surface area contributed by atoms with E-state index < -0.39 is 0 Å². The number of nitriles is 1. The highest BCUT2D eigenvalue weighted by molar-refractivity contribution is 7.10. The van der Waals surface area contributed by atoms with Crippen LogP contribution >= 0.6 is 11.5 Å². The number of benzene rings is 1. The van der Waals surface area contributed by atoms with Gasteiger partial charge in [-0.3, -0.25) is 0 Å². The molecule has 0 spiro atoms. The van der Waals surface area contributed by atoms with Crippen LogP contribution in [0, 0.1) is 24.1 Å². The zero-order valence-corrected chi connectivity index (χ0v) is 10.9. The Morgan fingerprint density at radius 3 is 2.78 bits per heavy atom. The van der Waals surface area contributed by atoms with E-state index in [0.29, 0.717) is 27.3 Å². The Bertz CT molecular complexity index is 665. The number of rotatable bonds is 2. The zero-order valence-electron chi connectivity index (χ0n) is 10.1. The summed E-state index contributed by atoms with van der Waals surface area (Å²) in [5.74, 6) is -0.330. The fraction of sp³-hybridized carbons (Fsp3) is 0.143. The maximum Gasteiger partial charge on any atom is 0.132 e. The molecular formula is C14H11FN2S. The molecule has 0 atom stereocenters. The van der Waals surface area contributed by atoms with Crippen molar-refractivity contribution in [2.75, 3.05) is 0 Å². The van der Waals surface area contributed by atoms with Crippen LogP contribution in [0.2, 0.25) is 0 Å². The summed E-state index contributed by atoms with van der Waals surface area (Å²) in [6.07, 6.45) is 0. The van der Waals surface area contributed by atoms with Gasteiger partial charge in [0, 0.05) is 5.56 Å². The van der Waals surface area contributed by atoms with Gasteiger partial charge in [-0.15, -0.1) is 0 Å². The molecule has 1 aromatic carbocycles. The Morgan fingerprint density at radius 1 is 1.50 bits per heavy atom. The van der Waals surface area contributed by atoms with Crippen LogP contribution in [0.1, 0.15) is 23.7 Å². The minimum absolute atomic E-state index is 0.330. The largest absolute Gasteiger partial charge is 0.206 e. The van der Waals surface area contributed by atoms with Gasteiger partial charge in [-0.2, -0.15) is 9.64 Å². The number of hydrogen-bond acceptors (Lipinski definition) is 3. The average molecular weight is 258 g/mol. The summed E-state index contributed by atoms with van der Waals surface area (Å²) in [5.41, 5.74) is 2.93. The number of halogens is 1. The van der Waals surface area contributed by atoms with Gasteiger partial charge in [-0.05, 0) is 42.6 Å². The van der Waals surface area contributed by atoms with Crippen LogP contribution < -0.4 is 0 Å². The van der Waals surface area contributed by atoms with Crippen molar-refractivity contribution in [3.8, 4) is 16.5 Å². The number of nitrogens with zero attached hydrogens (tertiary/aromatic N) is 2. The van der Waals surface area contributed by atoms with Gasteiger partial charge in [0.15, 0.2) is 0 Å². The Morgan fingerprint density at radius 2 is 2.22 bits per heavy atom. The third-order valence-corrected chi connectivity index (χ3v) is 3.46. The molecule has 1 aromatic heterocycles. The molecule has 0 aliphatic carbocycles. The Hall–Kier alpha value is -1.99. The first-order valence-corrected chi connectivity index (χ1v) is 6.14. The molecule has 0 aliphatic rings. The predicted octanol–water partition coefficient (Wildman–Crippen LogP) is 4.16. The molecule has 0 saturated heterocycles. The summed E-state index contributed by atoms with van der Waals surface area (Å²) in [7, 11) is 0. The highest BCUT2D eigenvalue weighted by Gasteiger charge is 2.18. The van der Waals surface area contributed by atoms with Crippen molar-refractivity contribution >= 4 is 17.1 Å². The first kappa shape index (κ1) is 12.5. The van der Waals surface area contributed by atoms with E-state index in [9.17, 15) is 9.65 Å². The quantitative estimate of drug-likeness (QED) is 0.810. The Kier molecular flexibility index (Phi) is 3.26. The van der Waals surface area contributed by atoms with Crippen molar-refractivity contribution in [3.05, 3.63) is 47.4 Å². The summed E-state index contributed by atoms with van der Waals surface area (Å²) in [6, 6.07) is 7.04. The maximum atomic E-state index is 13.9. The number of allylic oxidation sites excluding steroid dienone is 1. The van der Waals surface area contributed by atoms with Crippen LogP contribution in [0.25, 0.3) is 16.0 Å². The van der Waals surface area contributed by atoms with Gasteiger partial charge in [-0.1, -0.05) is 18.7 Å². The first-order valence-electron chi connectivity index (χ1n) is 5.36. The summed E-state index contributed by atoms with van der Waals surface area (Å²) in [6.45, 7) is 7.38. The van der Waals surface area contributed by atoms with Crippen LogP contribution in [0.3, 0.4) is 0 Å². The zero-order chi connectivity index (χ0) is 13.3. The van der Waals surface area contributed by atoms with Crippen LogP contribution in [0.15, 0.2) is 24.8 Å². The van der Waals surface area contributed by atoms with Crippen molar-refractivity contribution in [1.29, 1.82) is 5.26 Å². The monoisotopic (exact) mass is 258 g/mol. The van der Waals surface area contributed by atoms with Crippen molar-refractivity contribution < 1.29 is 4.39 Å². The van der Waals surface area contributed by atoms with E-state index >= 15 is 0 Å². The second kappa shape index (κ2) is 4.71. The van der Waals surface area contributed by atoms with Gasteiger partial charge >= 0.3 is 0 Å². The predicted molar refractivity (Wildman–Crippen MR) is 71.7 cm³/mol. The minimum atomic E-state index is -0.330. The minimum Gasteiger partial charge on any atom is -0.206 e. The normalized spacial score (nSPS) is 10.1. The number of hydrogen-bond donors (Lipinski definition) is 0. The molecule has 2 aromatic rings. The Labute approximate surface area is 109 Å². The van der Waals surface area contributed by atoms with E-state index in [2.05, 4.69) is 17.0 Å². The molecule has 0 amide bonds. The molecule has 18 heavy (non-hydrogen) atoms. The standard InChI is InChI=1S/C14H11FN2S/c1-8(2)13-11(7-16)14(18-17-13)10-5-4-9(3)6-12(10)15/h4-6H,1H2,2-3H3. The molecular weight excluding hydrogens is 247 g/mol. The second-order valence-corrected chi connectivity index (χ2v) is 4.88. The molecule has 2 rings (SSSR count). The highest BCUT2D eigenvalue weighted by atomic mass is 32.1. The molecule has 0 bridgehead atoms. The van der Waals surface area contributed by atoms with Crippen LogP contribution in [-0.2, 0) is 0 Å². The molecule has 0 aliphatic heterocycles. The first-order chi connectivity index (χ1) is 8.54. The SMILES string of the molecule is C=C(C)c1nsc(-c2ccc(C)cc2F)c1C#N. The Balaban J connectivity index is 2.65. The molecule has 90 valence electrons. The van der Waals surface area contributed by atoms with Gasteiger partial charge in [0.05, 0.1) is 16.1 Å². The highest BCUT2D eigenvalue weighted by Crippen LogP contribution is 2.34. The summed E-state index contributed by atoms with van der Waals surface area (Å²) in [4.78, 5) is 0.563. The summed E-state index contributed by atoms with van der Waals surface area (Å²) in [5, 5.41) is 9.20. The van der Waals surface area contributed by atoms with Crippen molar-refractivity contribution in [3.63, 3.8) is 0 Å². The van der Waals surface area contributed by atoms with E-state index in [-0.39, 0.29) is 5.82 Å². The maximum absolute atomic E-state index is 13.9. The summed E-state index contributed by atoms with van der Waals surface area (Å²) < 4.78 is 18.1. The van der Waals surface area contributed by atoms with Crippen molar-refractivity contribution in [2.24, 2.45) is 0 Å². The lowest BCUT2D eigenvalue weighted by atomic mass is 10.0. The van der Waals surface area contributed by atoms with E-state index in [1.54, 1.807) is 13.0 Å². The molecule has 0 N–H and O–H groups in total. The van der Waals surface area contributed by atoms with Gasteiger partial charge in [-0.25, -0.2) is 4.39 Å². The van der Waals surface area contributed by atoms with Crippen LogP contribution in [-0.4, -0.2) is 4.37 Å². The van der Waals surface area contributed by atoms with Crippen molar-refractivity contribution in [2.45, 2.75) is 13.8 Å². The second-order valence-electron chi connectivity index (χ2n) is 4.11. The smallest absolute Gasteiger partial charge is 0.132 e. The van der Waals surface area contributed by atoms with Gasteiger partial charge < -0.3 is 0 Å². The molecule has 0 radical (unpaired) electrons. The lowest BCUT2D eigenvalue weighted by Crippen LogP contribution is -1.88. The van der Waals surface area contributed by atoms with Gasteiger partial charge in [0.25, 0.3) is 0 Å². The molecule has 4 heteroatoms. The molecule has 0 saturated carbocycles. The van der Waals surface area contributed by atoms with E-state index in [0.717, 1.165) is 17.1 Å². The van der Waals surface area contributed by atoms with Crippen LogP contribution in [0.4, 0.5) is 4.39 Å². The van der Waals surface area contributed by atoms with Gasteiger partial charge in [0.1, 0.15) is 11.9 Å². The summed E-state index contributed by atoms with van der Waals surface area (Å²) >= 11 is 1.13. The molecule has 0 fully saturated rings. The van der Waals surface area contributed by atoms with Crippen LogP contribution in [0.5, 0.6) is 0 Å². The third-order valence-electron chi connectivity index (χ3n) is 2.58. The number of aromatic nitrogens is 1. The molecule has 2 nitrogen and oxygen atoms in total. The van der Waals surface area contributed by atoms with E-state index in [4.69, 9.17) is 0 Å².